The number of rotatable bonds is 7. The van der Waals surface area contributed by atoms with E-state index in [2.05, 4.69) is 22.4 Å². The summed E-state index contributed by atoms with van der Waals surface area (Å²) in [5, 5.41) is 11.2. The topological polar surface area (TPSA) is 54.9 Å². The van der Waals surface area contributed by atoms with Gasteiger partial charge in [-0.2, -0.15) is 0 Å². The molecule has 1 heterocycles. The van der Waals surface area contributed by atoms with Crippen molar-refractivity contribution in [3.05, 3.63) is 35.9 Å². The summed E-state index contributed by atoms with van der Waals surface area (Å²) < 4.78 is 1.80. The number of thioether (sulfide) groups is 2. The molecule has 116 valence electrons. The summed E-state index contributed by atoms with van der Waals surface area (Å²) in [7, 11) is 0. The fourth-order valence-corrected chi connectivity index (χ4v) is 5.05. The zero-order chi connectivity index (χ0) is 15.4. The third-order valence-corrected chi connectivity index (χ3v) is 6.42. The molecule has 22 heavy (non-hydrogen) atoms. The van der Waals surface area contributed by atoms with Crippen molar-refractivity contribution in [2.75, 3.05) is 5.75 Å². The molecule has 4 nitrogen and oxygen atoms in total. The van der Waals surface area contributed by atoms with Gasteiger partial charge in [-0.1, -0.05) is 72.1 Å². The third-order valence-electron chi connectivity index (χ3n) is 3.14. The Bertz CT molecular complexity index is 628. The molecular weight excluding hydrogens is 334 g/mol. The van der Waals surface area contributed by atoms with E-state index in [4.69, 9.17) is 0 Å². The third kappa shape index (κ3) is 4.24. The van der Waals surface area contributed by atoms with Gasteiger partial charge in [0.15, 0.2) is 8.68 Å². The normalized spacial score (nSPS) is 15.5. The molecule has 2 aromatic rings. The van der Waals surface area contributed by atoms with Gasteiger partial charge in [-0.25, -0.2) is 0 Å². The van der Waals surface area contributed by atoms with Gasteiger partial charge in [0.2, 0.25) is 5.91 Å². The molecule has 1 aliphatic carbocycles. The van der Waals surface area contributed by atoms with Crippen LogP contribution in [0.5, 0.6) is 0 Å². The average Bonchev–Trinajstić information content (AvgIpc) is 3.23. The van der Waals surface area contributed by atoms with Crippen LogP contribution in [0.4, 0.5) is 0 Å². The van der Waals surface area contributed by atoms with Gasteiger partial charge in [-0.3, -0.25) is 4.79 Å². The smallest absolute Gasteiger partial charge is 0.238 e. The molecule has 1 atom stereocenters. The Morgan fingerprint density at radius 1 is 1.32 bits per heavy atom. The van der Waals surface area contributed by atoms with E-state index in [1.165, 1.54) is 11.8 Å². The molecule has 0 bridgehead atoms. The van der Waals surface area contributed by atoms with Crippen molar-refractivity contribution in [3.8, 4) is 0 Å². The van der Waals surface area contributed by atoms with Gasteiger partial charge in [-0.05, 0) is 24.2 Å². The number of hydrogen-bond donors (Lipinski definition) is 1. The Morgan fingerprint density at radius 2 is 2.05 bits per heavy atom. The zero-order valence-electron chi connectivity index (χ0n) is 12.2. The summed E-state index contributed by atoms with van der Waals surface area (Å²) in [4.78, 5) is 12.6. The number of hydrogen-bond acceptors (Lipinski definition) is 6. The van der Waals surface area contributed by atoms with Gasteiger partial charge < -0.3 is 5.32 Å². The largest absolute Gasteiger partial charge is 0.352 e. The number of nitrogens with zero attached hydrogens (tertiary/aromatic N) is 2. The Kier molecular flexibility index (Phi) is 5.38. The van der Waals surface area contributed by atoms with Crippen LogP contribution < -0.4 is 5.32 Å². The summed E-state index contributed by atoms with van der Waals surface area (Å²) in [6.07, 6.45) is 2.18. The predicted octanol–water partition coefficient (Wildman–Crippen LogP) is 3.76. The van der Waals surface area contributed by atoms with Crippen LogP contribution in [0.1, 0.15) is 30.6 Å². The van der Waals surface area contributed by atoms with E-state index < -0.39 is 0 Å². The number of carbonyl (C=O) groups excluding carboxylic acids is 1. The highest BCUT2D eigenvalue weighted by Gasteiger charge is 2.29. The first kappa shape index (κ1) is 15.8. The zero-order valence-corrected chi connectivity index (χ0v) is 14.6. The van der Waals surface area contributed by atoms with Crippen LogP contribution in [0.2, 0.25) is 0 Å². The van der Waals surface area contributed by atoms with E-state index >= 15 is 0 Å². The molecule has 0 saturated heterocycles. The monoisotopic (exact) mass is 351 g/mol. The van der Waals surface area contributed by atoms with Crippen LogP contribution in [0, 0.1) is 0 Å². The molecule has 1 saturated carbocycles. The lowest BCUT2D eigenvalue weighted by atomic mass is 10.1. The molecule has 0 radical (unpaired) electrons. The number of aromatic nitrogens is 2. The fraction of sp³-hybridized carbons (Fsp3) is 0.400. The van der Waals surface area contributed by atoms with Crippen molar-refractivity contribution in [2.24, 2.45) is 0 Å². The number of amides is 1. The Labute approximate surface area is 142 Å². The lowest BCUT2D eigenvalue weighted by molar-refractivity contribution is -0.120. The first-order chi connectivity index (χ1) is 10.8. The molecule has 1 aromatic carbocycles. The second kappa shape index (κ2) is 7.48. The minimum absolute atomic E-state index is 0.0681. The van der Waals surface area contributed by atoms with Gasteiger partial charge in [0.1, 0.15) is 5.25 Å². The minimum atomic E-state index is -0.269. The van der Waals surface area contributed by atoms with Crippen LogP contribution in [-0.4, -0.2) is 27.9 Å². The summed E-state index contributed by atoms with van der Waals surface area (Å²) in [6, 6.07) is 10.2. The molecule has 1 N–H and O–H groups in total. The fourth-order valence-electron chi connectivity index (χ4n) is 1.93. The van der Waals surface area contributed by atoms with Crippen LogP contribution in [0.15, 0.2) is 39.0 Å². The highest BCUT2D eigenvalue weighted by molar-refractivity contribution is 8.03. The molecule has 0 aliphatic heterocycles. The SMILES string of the molecule is CCSc1nnc(SC(C(=O)NC2CC2)c2ccccc2)s1. The molecule has 1 amide bonds. The highest BCUT2D eigenvalue weighted by Crippen LogP contribution is 2.39. The molecular formula is C15H17N3OS3. The van der Waals surface area contributed by atoms with Crippen molar-refractivity contribution >= 4 is 40.8 Å². The maximum absolute atomic E-state index is 12.6. The van der Waals surface area contributed by atoms with Gasteiger partial charge in [0.05, 0.1) is 0 Å². The van der Waals surface area contributed by atoms with Crippen LogP contribution in [0.3, 0.4) is 0 Å². The predicted molar refractivity (Wildman–Crippen MR) is 92.5 cm³/mol. The van der Waals surface area contributed by atoms with E-state index in [9.17, 15) is 4.79 Å². The van der Waals surface area contributed by atoms with Gasteiger partial charge in [0, 0.05) is 6.04 Å². The summed E-state index contributed by atoms with van der Waals surface area (Å²) >= 11 is 4.72. The highest BCUT2D eigenvalue weighted by atomic mass is 32.2. The lowest BCUT2D eigenvalue weighted by Gasteiger charge is -2.15. The van der Waals surface area contributed by atoms with Crippen molar-refractivity contribution in [2.45, 2.75) is 39.7 Å². The standard InChI is InChI=1S/C15H17N3OS3/c1-2-20-14-17-18-15(22-14)21-12(10-6-4-3-5-7-10)13(19)16-11-8-9-11/h3-7,11-12H,2,8-9H2,1H3,(H,16,19). The van der Waals surface area contributed by atoms with Gasteiger partial charge >= 0.3 is 0 Å². The summed E-state index contributed by atoms with van der Waals surface area (Å²) in [5.41, 5.74) is 1.01. The van der Waals surface area contributed by atoms with E-state index in [0.717, 1.165) is 32.8 Å². The van der Waals surface area contributed by atoms with E-state index in [1.807, 2.05) is 30.3 Å². The van der Waals surface area contributed by atoms with Gasteiger partial charge in [-0.15, -0.1) is 10.2 Å². The molecule has 3 rings (SSSR count). The summed E-state index contributed by atoms with van der Waals surface area (Å²) in [5.74, 6) is 1.04. The van der Waals surface area contributed by atoms with Crippen molar-refractivity contribution < 1.29 is 4.79 Å². The van der Waals surface area contributed by atoms with Gasteiger partial charge in [0.25, 0.3) is 0 Å². The number of carbonyl (C=O) groups is 1. The second-order valence-corrected chi connectivity index (χ2v) is 8.80. The first-order valence-corrected chi connectivity index (χ1v) is 9.92. The average molecular weight is 352 g/mol. The van der Waals surface area contributed by atoms with Crippen LogP contribution in [0.25, 0.3) is 0 Å². The lowest BCUT2D eigenvalue weighted by Crippen LogP contribution is -2.29. The molecule has 1 fully saturated rings. The van der Waals surface area contributed by atoms with E-state index in [0.29, 0.717) is 6.04 Å². The van der Waals surface area contributed by atoms with Crippen molar-refractivity contribution in [3.63, 3.8) is 0 Å². The second-order valence-electron chi connectivity index (χ2n) is 4.96. The number of nitrogens with one attached hydrogen (secondary N) is 1. The van der Waals surface area contributed by atoms with Crippen molar-refractivity contribution in [1.29, 1.82) is 0 Å². The Hall–Kier alpha value is -1.05. The quantitative estimate of drug-likeness (QED) is 0.770. The molecule has 7 heteroatoms. The molecule has 1 unspecified atom stereocenters. The van der Waals surface area contributed by atoms with Crippen LogP contribution in [-0.2, 0) is 4.79 Å². The molecule has 0 spiro atoms. The van der Waals surface area contributed by atoms with E-state index in [1.54, 1.807) is 23.1 Å². The first-order valence-electron chi connectivity index (χ1n) is 7.24. The maximum Gasteiger partial charge on any atom is 0.238 e. The molecule has 1 aromatic heterocycles. The Morgan fingerprint density at radius 3 is 2.73 bits per heavy atom. The van der Waals surface area contributed by atoms with E-state index in [-0.39, 0.29) is 11.2 Å². The van der Waals surface area contributed by atoms with Crippen molar-refractivity contribution in [1.82, 2.24) is 15.5 Å². The molecule has 1 aliphatic rings. The van der Waals surface area contributed by atoms with Crippen LogP contribution >= 0.6 is 34.9 Å². The number of benzene rings is 1. The maximum atomic E-state index is 12.6. The minimum Gasteiger partial charge on any atom is -0.352 e. The summed E-state index contributed by atoms with van der Waals surface area (Å²) in [6.45, 7) is 2.09. The Balaban J connectivity index is 1.76.